The molecule has 0 radical (unpaired) electrons. The molecule has 6 atom stereocenters. The van der Waals surface area contributed by atoms with E-state index in [0.29, 0.717) is 41.1 Å². The number of hydrogen-bond donors (Lipinski definition) is 8. The van der Waals surface area contributed by atoms with E-state index in [1.54, 1.807) is 10.6 Å². The second-order valence-corrected chi connectivity index (χ2v) is 17.4. The molecule has 16 nitrogen and oxygen atoms in total. The van der Waals surface area contributed by atoms with E-state index < -0.39 is 72.1 Å². The van der Waals surface area contributed by atoms with Gasteiger partial charge in [0.2, 0.25) is 0 Å². The van der Waals surface area contributed by atoms with Crippen LogP contribution in [0.3, 0.4) is 0 Å². The molecule has 2 heterocycles. The maximum absolute atomic E-state index is 13.0. The lowest BCUT2D eigenvalue weighted by atomic mass is 9.87. The number of benzene rings is 2. The zero-order valence-corrected chi connectivity index (χ0v) is 36.4. The molecule has 16 heteroatoms. The number of rotatable bonds is 15. The van der Waals surface area contributed by atoms with E-state index in [2.05, 4.69) is 0 Å². The summed E-state index contributed by atoms with van der Waals surface area (Å²) in [6, 6.07) is 7.34. The fourth-order valence-electron chi connectivity index (χ4n) is 8.64. The van der Waals surface area contributed by atoms with Crippen LogP contribution >= 0.6 is 0 Å². The number of hydrogen-bond acceptors (Lipinski definition) is 12. The summed E-state index contributed by atoms with van der Waals surface area (Å²) in [6.45, 7) is 6.22. The number of aromatic nitrogens is 4. The Kier molecular flexibility index (Phi) is 17.2. The topological polar surface area (TPSA) is 250 Å². The fraction of sp³-hybridized carbons (Fsp3) is 0.609. The third-order valence-corrected chi connectivity index (χ3v) is 12.9. The van der Waals surface area contributed by atoms with Gasteiger partial charge in [0.1, 0.15) is 36.6 Å². The molecule has 8 N–H and O–H groups in total. The summed E-state index contributed by atoms with van der Waals surface area (Å²) in [4.78, 5) is 51.9. The van der Waals surface area contributed by atoms with Gasteiger partial charge in [-0.1, -0.05) is 50.2 Å². The fourth-order valence-corrected chi connectivity index (χ4v) is 8.64. The molecule has 6 rings (SSSR count). The first kappa shape index (κ1) is 48.8. The first-order valence-corrected chi connectivity index (χ1v) is 22.0. The molecule has 0 unspecified atom stereocenters. The Morgan fingerprint density at radius 1 is 0.532 bits per heavy atom. The van der Waals surface area contributed by atoms with Crippen LogP contribution < -0.4 is 22.2 Å². The van der Waals surface area contributed by atoms with Crippen LogP contribution in [-0.2, 0) is 26.2 Å². The second-order valence-electron chi connectivity index (χ2n) is 17.4. The van der Waals surface area contributed by atoms with Gasteiger partial charge in [-0.05, 0) is 112 Å². The van der Waals surface area contributed by atoms with Gasteiger partial charge in [-0.3, -0.25) is 32.9 Å². The van der Waals surface area contributed by atoms with Gasteiger partial charge in [-0.25, -0.2) is 0 Å². The average Bonchev–Trinajstić information content (AvgIpc) is 3.27. The summed E-state index contributed by atoms with van der Waals surface area (Å²) in [5.74, 6) is 0.557. The normalized spacial score (nSPS) is 17.9. The zero-order chi connectivity index (χ0) is 45.4. The van der Waals surface area contributed by atoms with Gasteiger partial charge in [0.15, 0.2) is 0 Å². The van der Waals surface area contributed by atoms with Crippen molar-refractivity contribution in [2.24, 2.45) is 5.92 Å². The van der Waals surface area contributed by atoms with Crippen LogP contribution in [-0.4, -0.2) is 109 Å². The molecular formula is C46H66N4O12. The van der Waals surface area contributed by atoms with Crippen molar-refractivity contribution in [2.45, 2.75) is 161 Å². The van der Waals surface area contributed by atoms with Crippen molar-refractivity contribution in [1.82, 2.24) is 18.3 Å². The lowest BCUT2D eigenvalue weighted by Crippen LogP contribution is -2.47. The molecule has 4 aromatic rings. The number of aryl methyl sites for hydroxylation is 5. The summed E-state index contributed by atoms with van der Waals surface area (Å²) < 4.78 is 5.32. The highest BCUT2D eigenvalue weighted by Crippen LogP contribution is 2.28. The molecule has 2 saturated carbocycles. The quantitative estimate of drug-likeness (QED) is 0.0627. The van der Waals surface area contributed by atoms with Crippen molar-refractivity contribution in [3.8, 4) is 0 Å². The van der Waals surface area contributed by atoms with Crippen molar-refractivity contribution in [2.75, 3.05) is 13.2 Å². The number of aliphatic hydroxyl groups is 8. The van der Waals surface area contributed by atoms with E-state index >= 15 is 0 Å². The standard InChI is InChI=1S/C23H34N2O6.C23H32N2O6/c2*1-14-10-17-18(11-15(14)2)25(12-19(27)21(29)20(28)13-26)23(31)22(30)24(17)9-8-16-6-4-3-5-7-16/h10-11,16,19-21,26-29H,3-9,12-13H2,1-2H3;8,10-11,19-21,26-29H,3-7,9,12-13H2,1-2H3/t2*19-,20+,21-/m00/s1. The zero-order valence-electron chi connectivity index (χ0n) is 36.4. The van der Waals surface area contributed by atoms with Gasteiger partial charge in [-0.2, -0.15) is 0 Å². The third kappa shape index (κ3) is 11.3. The predicted octanol–water partition coefficient (Wildman–Crippen LogP) is 1.57. The Bertz CT molecular complexity index is 2440. The summed E-state index contributed by atoms with van der Waals surface area (Å²) in [5, 5.41) is 77.9. The highest BCUT2D eigenvalue weighted by molar-refractivity contribution is 5.78. The van der Waals surface area contributed by atoms with Crippen LogP contribution in [0.1, 0.15) is 92.9 Å². The largest absolute Gasteiger partial charge is 0.394 e. The minimum absolute atomic E-state index is 0.303. The van der Waals surface area contributed by atoms with Crippen LogP contribution in [0.4, 0.5) is 0 Å². The van der Waals surface area contributed by atoms with E-state index in [1.165, 1.54) is 40.4 Å². The van der Waals surface area contributed by atoms with Crippen molar-refractivity contribution in [3.05, 3.63) is 99.6 Å². The SMILES string of the molecule is Cc1cc2c(cc1C)n(C[C@H](O)[C@H](O)[C@H](O)CO)c(=O)c(=O)n2CC=C1CCCCC1.Cc1cc2c(cc1C)n(C[C@H](O)[C@H](O)[C@H](O)CO)c(=O)c(=O)n2CCC1CCCCC1. The minimum atomic E-state index is -1.66. The number of nitrogens with zero attached hydrogens (tertiary/aromatic N) is 4. The first-order valence-electron chi connectivity index (χ1n) is 22.0. The van der Waals surface area contributed by atoms with Crippen LogP contribution in [0.5, 0.6) is 0 Å². The van der Waals surface area contributed by atoms with E-state index in [9.17, 15) is 49.8 Å². The van der Waals surface area contributed by atoms with Crippen molar-refractivity contribution < 1.29 is 40.9 Å². The number of aliphatic hydroxyl groups excluding tert-OH is 8. The van der Waals surface area contributed by atoms with E-state index in [-0.39, 0.29) is 13.1 Å². The van der Waals surface area contributed by atoms with E-state index in [4.69, 9.17) is 10.2 Å². The van der Waals surface area contributed by atoms with Crippen molar-refractivity contribution in [3.63, 3.8) is 0 Å². The van der Waals surface area contributed by atoms with Gasteiger partial charge in [0.05, 0.1) is 48.4 Å². The highest BCUT2D eigenvalue weighted by Gasteiger charge is 2.28. The predicted molar refractivity (Wildman–Crippen MR) is 236 cm³/mol. The molecular weight excluding hydrogens is 801 g/mol. The lowest BCUT2D eigenvalue weighted by Gasteiger charge is -2.25. The first-order chi connectivity index (χ1) is 29.5. The highest BCUT2D eigenvalue weighted by atomic mass is 16.4. The minimum Gasteiger partial charge on any atom is -0.394 e. The summed E-state index contributed by atoms with van der Waals surface area (Å²) in [5.41, 5.74) is 4.34. The molecule has 2 fully saturated rings. The van der Waals surface area contributed by atoms with E-state index in [1.807, 2.05) is 52.0 Å². The van der Waals surface area contributed by atoms with Crippen LogP contribution in [0, 0.1) is 33.6 Å². The summed E-state index contributed by atoms with van der Waals surface area (Å²) in [6.07, 6.45) is 4.92. The van der Waals surface area contributed by atoms with E-state index in [0.717, 1.165) is 71.8 Å². The van der Waals surface area contributed by atoms with Crippen LogP contribution in [0.2, 0.25) is 0 Å². The molecule has 342 valence electrons. The molecule has 2 aliphatic rings. The Morgan fingerprint density at radius 2 is 0.903 bits per heavy atom. The molecule has 0 spiro atoms. The smallest absolute Gasteiger partial charge is 0.317 e. The maximum atomic E-state index is 13.0. The molecule has 2 aromatic carbocycles. The van der Waals surface area contributed by atoms with Gasteiger partial charge in [0.25, 0.3) is 0 Å². The summed E-state index contributed by atoms with van der Waals surface area (Å²) in [7, 11) is 0. The Labute approximate surface area is 360 Å². The second kappa shape index (κ2) is 21.9. The van der Waals surface area contributed by atoms with Gasteiger partial charge in [0, 0.05) is 13.1 Å². The molecule has 2 aliphatic carbocycles. The number of fused-ring (bicyclic) bond motifs is 2. The average molecular weight is 867 g/mol. The molecule has 2 aromatic heterocycles. The molecule has 0 aliphatic heterocycles. The third-order valence-electron chi connectivity index (χ3n) is 12.9. The number of allylic oxidation sites excluding steroid dienone is 2. The van der Waals surface area contributed by atoms with Crippen molar-refractivity contribution >= 4 is 22.1 Å². The Balaban J connectivity index is 0.000000234. The van der Waals surface area contributed by atoms with Gasteiger partial charge in [-0.15, -0.1) is 0 Å². The summed E-state index contributed by atoms with van der Waals surface area (Å²) >= 11 is 0. The molecule has 0 bridgehead atoms. The van der Waals surface area contributed by atoms with Gasteiger partial charge < -0.3 is 45.4 Å². The van der Waals surface area contributed by atoms with Gasteiger partial charge >= 0.3 is 22.2 Å². The Morgan fingerprint density at radius 3 is 1.34 bits per heavy atom. The van der Waals surface area contributed by atoms with Crippen LogP contribution in [0.15, 0.2) is 55.1 Å². The monoisotopic (exact) mass is 866 g/mol. The lowest BCUT2D eigenvalue weighted by molar-refractivity contribution is -0.0805. The van der Waals surface area contributed by atoms with Crippen LogP contribution in [0.25, 0.3) is 22.1 Å². The molecule has 0 saturated heterocycles. The maximum Gasteiger partial charge on any atom is 0.317 e. The molecule has 0 amide bonds. The van der Waals surface area contributed by atoms with Crippen molar-refractivity contribution in [1.29, 1.82) is 0 Å². The Hall–Kier alpha value is -4.26. The molecule has 62 heavy (non-hydrogen) atoms.